The van der Waals surface area contributed by atoms with E-state index in [9.17, 15) is 0 Å². The molecular formula is C16H26N2S. The summed E-state index contributed by atoms with van der Waals surface area (Å²) in [4.78, 5) is 2.51. The van der Waals surface area contributed by atoms with E-state index in [-0.39, 0.29) is 0 Å². The van der Waals surface area contributed by atoms with Gasteiger partial charge < -0.3 is 5.32 Å². The average Bonchev–Trinajstić information content (AvgIpc) is 2.46. The molecule has 2 nitrogen and oxygen atoms in total. The summed E-state index contributed by atoms with van der Waals surface area (Å²) in [5.41, 5.74) is 2.85. The fourth-order valence-corrected chi connectivity index (χ4v) is 3.99. The zero-order chi connectivity index (χ0) is 13.7. The molecule has 1 aromatic rings. The van der Waals surface area contributed by atoms with Crippen molar-refractivity contribution in [2.75, 3.05) is 31.6 Å². The van der Waals surface area contributed by atoms with Crippen LogP contribution in [0.15, 0.2) is 24.3 Å². The van der Waals surface area contributed by atoms with Crippen molar-refractivity contribution in [3.8, 4) is 0 Å². The van der Waals surface area contributed by atoms with Gasteiger partial charge >= 0.3 is 0 Å². The monoisotopic (exact) mass is 278 g/mol. The molecule has 3 heteroatoms. The lowest BCUT2D eigenvalue weighted by atomic mass is 9.97. The van der Waals surface area contributed by atoms with Gasteiger partial charge in [-0.25, -0.2) is 0 Å². The minimum absolute atomic E-state index is 0.453. The molecule has 2 rings (SSSR count). The second-order valence-electron chi connectivity index (χ2n) is 5.25. The van der Waals surface area contributed by atoms with E-state index in [1.165, 1.54) is 29.2 Å². The average molecular weight is 278 g/mol. The summed E-state index contributed by atoms with van der Waals surface area (Å²) in [6.07, 6.45) is 1.12. The van der Waals surface area contributed by atoms with Crippen molar-refractivity contribution in [2.45, 2.75) is 32.4 Å². The summed E-state index contributed by atoms with van der Waals surface area (Å²) in [7, 11) is 2.26. The Balaban J connectivity index is 2.17. The number of likely N-dealkylation sites (N-methyl/N-ethyl adjacent to an activating group) is 2. The number of nitrogens with zero attached hydrogens (tertiary/aromatic N) is 1. The van der Waals surface area contributed by atoms with Crippen LogP contribution < -0.4 is 5.32 Å². The Hall–Kier alpha value is -0.510. The normalized spacial score (nSPS) is 22.4. The van der Waals surface area contributed by atoms with Crippen LogP contribution in [0.4, 0.5) is 0 Å². The van der Waals surface area contributed by atoms with E-state index in [1.54, 1.807) is 0 Å². The molecule has 1 aliphatic heterocycles. The van der Waals surface area contributed by atoms with Gasteiger partial charge in [-0.15, -0.1) is 0 Å². The second-order valence-corrected chi connectivity index (χ2v) is 6.40. The number of hydrogen-bond acceptors (Lipinski definition) is 3. The first-order valence-electron chi connectivity index (χ1n) is 7.36. The van der Waals surface area contributed by atoms with E-state index in [1.807, 2.05) is 0 Å². The van der Waals surface area contributed by atoms with Gasteiger partial charge in [-0.3, -0.25) is 4.90 Å². The largest absolute Gasteiger partial charge is 0.309 e. The molecule has 1 heterocycles. The summed E-state index contributed by atoms with van der Waals surface area (Å²) >= 11 is 2.08. The Morgan fingerprint density at radius 2 is 2.05 bits per heavy atom. The molecule has 0 aliphatic carbocycles. The number of hydrogen-bond donors (Lipinski definition) is 1. The van der Waals surface area contributed by atoms with Gasteiger partial charge in [0.05, 0.1) is 0 Å². The summed E-state index contributed by atoms with van der Waals surface area (Å²) in [5.74, 6) is 2.49. The Morgan fingerprint density at radius 1 is 1.32 bits per heavy atom. The van der Waals surface area contributed by atoms with E-state index in [0.29, 0.717) is 12.1 Å². The molecule has 1 aliphatic rings. The van der Waals surface area contributed by atoms with Gasteiger partial charge in [0, 0.05) is 30.1 Å². The van der Waals surface area contributed by atoms with E-state index in [0.717, 1.165) is 13.0 Å². The van der Waals surface area contributed by atoms with Gasteiger partial charge in [-0.1, -0.05) is 38.1 Å². The molecule has 1 aromatic carbocycles. The van der Waals surface area contributed by atoms with Crippen LogP contribution in [0.25, 0.3) is 0 Å². The maximum Gasteiger partial charge on any atom is 0.0486 e. The SMILES string of the molecule is CCNC(c1ccc(CC)cc1)C1CSCCN1C. The number of thioether (sulfide) groups is 1. The van der Waals surface area contributed by atoms with Crippen LogP contribution in [-0.4, -0.2) is 42.6 Å². The van der Waals surface area contributed by atoms with Crippen LogP contribution in [0.2, 0.25) is 0 Å². The van der Waals surface area contributed by atoms with Crippen LogP contribution in [0.5, 0.6) is 0 Å². The van der Waals surface area contributed by atoms with Crippen molar-refractivity contribution in [1.29, 1.82) is 0 Å². The number of nitrogens with one attached hydrogen (secondary N) is 1. The van der Waals surface area contributed by atoms with Crippen molar-refractivity contribution < 1.29 is 0 Å². The highest BCUT2D eigenvalue weighted by Gasteiger charge is 2.28. The van der Waals surface area contributed by atoms with E-state index in [4.69, 9.17) is 0 Å². The highest BCUT2D eigenvalue weighted by molar-refractivity contribution is 7.99. The zero-order valence-corrected chi connectivity index (χ0v) is 13.2. The third-order valence-electron chi connectivity index (χ3n) is 4.00. The maximum absolute atomic E-state index is 3.68. The molecule has 0 spiro atoms. The van der Waals surface area contributed by atoms with Crippen LogP contribution in [0, 0.1) is 0 Å². The number of aryl methyl sites for hydroxylation is 1. The van der Waals surface area contributed by atoms with E-state index < -0.39 is 0 Å². The maximum atomic E-state index is 3.68. The molecule has 0 amide bonds. The third-order valence-corrected chi connectivity index (χ3v) is 5.05. The molecule has 1 N–H and O–H groups in total. The van der Waals surface area contributed by atoms with E-state index in [2.05, 4.69) is 67.1 Å². The highest BCUT2D eigenvalue weighted by atomic mass is 32.2. The van der Waals surface area contributed by atoms with Gasteiger partial charge in [-0.05, 0) is 31.1 Å². The lowest BCUT2D eigenvalue weighted by Gasteiger charge is -2.38. The van der Waals surface area contributed by atoms with Crippen molar-refractivity contribution in [3.05, 3.63) is 35.4 Å². The molecule has 0 bridgehead atoms. The van der Waals surface area contributed by atoms with E-state index >= 15 is 0 Å². The zero-order valence-electron chi connectivity index (χ0n) is 12.4. The topological polar surface area (TPSA) is 15.3 Å². The Kier molecular flexibility index (Phi) is 5.74. The molecule has 19 heavy (non-hydrogen) atoms. The number of benzene rings is 1. The molecule has 2 unspecified atom stereocenters. The van der Waals surface area contributed by atoms with Crippen LogP contribution in [-0.2, 0) is 6.42 Å². The van der Waals surface area contributed by atoms with Crippen LogP contribution >= 0.6 is 11.8 Å². The highest BCUT2D eigenvalue weighted by Crippen LogP contribution is 2.27. The Bertz CT molecular complexity index is 377. The summed E-state index contributed by atoms with van der Waals surface area (Å²) < 4.78 is 0. The molecule has 0 saturated carbocycles. The van der Waals surface area contributed by atoms with Gasteiger partial charge in [0.15, 0.2) is 0 Å². The number of rotatable bonds is 5. The Morgan fingerprint density at radius 3 is 2.63 bits per heavy atom. The third kappa shape index (κ3) is 3.74. The Labute approximate surface area is 122 Å². The first kappa shape index (κ1) is 14.9. The van der Waals surface area contributed by atoms with Gasteiger partial charge in [-0.2, -0.15) is 11.8 Å². The van der Waals surface area contributed by atoms with Crippen molar-refractivity contribution in [1.82, 2.24) is 10.2 Å². The molecule has 0 aromatic heterocycles. The molecule has 1 saturated heterocycles. The standard InChI is InChI=1S/C16H26N2S/c1-4-13-6-8-14(9-7-13)16(17-5-2)15-12-19-11-10-18(15)3/h6-9,15-17H,4-5,10-12H2,1-3H3. The predicted molar refractivity (Wildman–Crippen MR) is 86.0 cm³/mol. The molecular weight excluding hydrogens is 252 g/mol. The summed E-state index contributed by atoms with van der Waals surface area (Å²) in [6.45, 7) is 6.63. The summed E-state index contributed by atoms with van der Waals surface area (Å²) in [5, 5.41) is 3.68. The molecule has 0 radical (unpaired) electrons. The smallest absolute Gasteiger partial charge is 0.0486 e. The van der Waals surface area contributed by atoms with Crippen molar-refractivity contribution >= 4 is 11.8 Å². The fraction of sp³-hybridized carbons (Fsp3) is 0.625. The van der Waals surface area contributed by atoms with Crippen molar-refractivity contribution in [3.63, 3.8) is 0 Å². The van der Waals surface area contributed by atoms with Crippen LogP contribution in [0.3, 0.4) is 0 Å². The van der Waals surface area contributed by atoms with Gasteiger partial charge in [0.1, 0.15) is 0 Å². The summed E-state index contributed by atoms with van der Waals surface area (Å²) in [6, 6.07) is 10.2. The first-order valence-corrected chi connectivity index (χ1v) is 8.52. The molecule has 1 fully saturated rings. The minimum Gasteiger partial charge on any atom is -0.309 e. The molecule has 106 valence electrons. The fourth-order valence-electron chi connectivity index (χ4n) is 2.71. The van der Waals surface area contributed by atoms with Crippen LogP contribution in [0.1, 0.15) is 31.0 Å². The van der Waals surface area contributed by atoms with Gasteiger partial charge in [0.25, 0.3) is 0 Å². The minimum atomic E-state index is 0.453. The molecule has 2 atom stereocenters. The second kappa shape index (κ2) is 7.32. The lowest BCUT2D eigenvalue weighted by molar-refractivity contribution is 0.217. The van der Waals surface area contributed by atoms with Crippen molar-refractivity contribution in [2.24, 2.45) is 0 Å². The lowest BCUT2D eigenvalue weighted by Crippen LogP contribution is -2.47. The first-order chi connectivity index (χ1) is 9.26. The van der Waals surface area contributed by atoms with Gasteiger partial charge in [0.2, 0.25) is 0 Å². The predicted octanol–water partition coefficient (Wildman–Crippen LogP) is 2.95. The quantitative estimate of drug-likeness (QED) is 0.891.